The molecule has 6 heteroatoms. The van der Waals surface area contributed by atoms with Crippen LogP contribution in [0.2, 0.25) is 0 Å². The van der Waals surface area contributed by atoms with Crippen molar-refractivity contribution in [3.8, 4) is 5.75 Å². The number of aliphatic hydroxyl groups is 2. The van der Waals surface area contributed by atoms with Gasteiger partial charge in [0.15, 0.2) is 0 Å². The molecule has 0 radical (unpaired) electrons. The van der Waals surface area contributed by atoms with Gasteiger partial charge in [-0.25, -0.2) is 0 Å². The van der Waals surface area contributed by atoms with Gasteiger partial charge in [0.05, 0.1) is 11.6 Å². The van der Waals surface area contributed by atoms with Crippen molar-refractivity contribution >= 4 is 10.9 Å². The zero-order valence-corrected chi connectivity index (χ0v) is 18.7. The number of piperidine rings is 1. The fourth-order valence-electron chi connectivity index (χ4n) is 4.28. The number of hydrogen-bond acceptors (Lipinski definition) is 6. The third-order valence-electron chi connectivity index (χ3n) is 5.94. The van der Waals surface area contributed by atoms with Crippen molar-refractivity contribution in [2.45, 2.75) is 38.1 Å². The predicted octanol–water partition coefficient (Wildman–Crippen LogP) is 3.06. The first-order chi connectivity index (χ1) is 15.5. The molecule has 170 valence electrons. The summed E-state index contributed by atoms with van der Waals surface area (Å²) in [6.07, 6.45) is 2.64. The first kappa shape index (κ1) is 22.7. The minimum Gasteiger partial charge on any atom is -0.491 e. The Hall–Kier alpha value is -2.51. The second-order valence-electron chi connectivity index (χ2n) is 8.85. The van der Waals surface area contributed by atoms with E-state index in [0.717, 1.165) is 55.7 Å². The third-order valence-corrected chi connectivity index (χ3v) is 5.94. The van der Waals surface area contributed by atoms with Crippen molar-refractivity contribution in [1.29, 1.82) is 0 Å². The lowest BCUT2D eigenvalue weighted by Gasteiger charge is -2.30. The average molecular weight is 436 g/mol. The van der Waals surface area contributed by atoms with Gasteiger partial charge in [0.1, 0.15) is 18.5 Å². The fraction of sp³-hybridized carbons (Fsp3) is 0.423. The van der Waals surface area contributed by atoms with E-state index in [9.17, 15) is 10.2 Å². The summed E-state index contributed by atoms with van der Waals surface area (Å²) in [5.74, 6) is 0.779. The molecule has 6 nitrogen and oxygen atoms in total. The highest BCUT2D eigenvalue weighted by molar-refractivity contribution is 5.78. The van der Waals surface area contributed by atoms with Crippen LogP contribution >= 0.6 is 0 Å². The number of nitrogens with zero attached hydrogens (tertiary/aromatic N) is 3. The highest BCUT2D eigenvalue weighted by Gasteiger charge is 2.19. The van der Waals surface area contributed by atoms with E-state index in [0.29, 0.717) is 6.54 Å². The lowest BCUT2D eigenvalue weighted by molar-refractivity contribution is 0.0337. The molecule has 1 atom stereocenters. The number of rotatable bonds is 9. The molecule has 1 aliphatic rings. The summed E-state index contributed by atoms with van der Waals surface area (Å²) in [6.45, 7) is 4.15. The monoisotopic (exact) mass is 435 g/mol. The van der Waals surface area contributed by atoms with Crippen LogP contribution in [0.1, 0.15) is 24.0 Å². The molecule has 32 heavy (non-hydrogen) atoms. The molecule has 1 fully saturated rings. The van der Waals surface area contributed by atoms with Gasteiger partial charge in [0.25, 0.3) is 0 Å². The SMILES string of the molecule is CN(Cc1cccc(OC[C@@H](O)CN2CCC(O)CC2)c1)Cc1ccc2ncccc2c1. The molecule has 1 aliphatic heterocycles. The number of hydrogen-bond donors (Lipinski definition) is 2. The predicted molar refractivity (Wildman–Crippen MR) is 127 cm³/mol. The Morgan fingerprint density at radius 1 is 1.06 bits per heavy atom. The number of aliphatic hydroxyl groups excluding tert-OH is 2. The van der Waals surface area contributed by atoms with Crippen molar-refractivity contribution < 1.29 is 14.9 Å². The van der Waals surface area contributed by atoms with Crippen LogP contribution in [-0.4, -0.2) is 70.5 Å². The van der Waals surface area contributed by atoms with Gasteiger partial charge in [-0.05, 0) is 61.3 Å². The van der Waals surface area contributed by atoms with E-state index in [1.54, 1.807) is 0 Å². The van der Waals surface area contributed by atoms with E-state index in [2.05, 4.69) is 52.2 Å². The molecule has 0 aliphatic carbocycles. The van der Waals surface area contributed by atoms with E-state index in [4.69, 9.17) is 4.74 Å². The maximum atomic E-state index is 10.3. The smallest absolute Gasteiger partial charge is 0.119 e. The highest BCUT2D eigenvalue weighted by atomic mass is 16.5. The third kappa shape index (κ3) is 6.50. The van der Waals surface area contributed by atoms with Gasteiger partial charge in [0.2, 0.25) is 0 Å². The molecule has 1 saturated heterocycles. The van der Waals surface area contributed by atoms with Crippen LogP contribution in [0.15, 0.2) is 60.8 Å². The summed E-state index contributed by atoms with van der Waals surface area (Å²) < 4.78 is 5.87. The summed E-state index contributed by atoms with van der Waals surface area (Å²) >= 11 is 0. The molecule has 3 aromatic rings. The lowest BCUT2D eigenvalue weighted by atomic mass is 10.1. The Kier molecular flexibility index (Phi) is 7.71. The average Bonchev–Trinajstić information content (AvgIpc) is 2.79. The van der Waals surface area contributed by atoms with Crippen LogP contribution in [0, 0.1) is 0 Å². The Bertz CT molecular complexity index is 1000. The molecule has 2 aromatic carbocycles. The van der Waals surface area contributed by atoms with Gasteiger partial charge in [-0.2, -0.15) is 0 Å². The topological polar surface area (TPSA) is 69.1 Å². The van der Waals surface area contributed by atoms with Crippen LogP contribution < -0.4 is 4.74 Å². The molecule has 0 spiro atoms. The summed E-state index contributed by atoms with van der Waals surface area (Å²) in [5, 5.41) is 21.1. The van der Waals surface area contributed by atoms with Crippen molar-refractivity contribution in [1.82, 2.24) is 14.8 Å². The number of aromatic nitrogens is 1. The Balaban J connectivity index is 1.26. The molecule has 1 aromatic heterocycles. The molecule has 0 unspecified atom stereocenters. The minimum absolute atomic E-state index is 0.196. The fourth-order valence-corrected chi connectivity index (χ4v) is 4.28. The van der Waals surface area contributed by atoms with E-state index >= 15 is 0 Å². The Labute approximate surface area is 190 Å². The molecule has 0 bridgehead atoms. The number of benzene rings is 2. The first-order valence-corrected chi connectivity index (χ1v) is 11.4. The summed E-state index contributed by atoms with van der Waals surface area (Å²) in [7, 11) is 2.11. The molecule has 2 N–H and O–H groups in total. The van der Waals surface area contributed by atoms with Gasteiger partial charge in [-0.3, -0.25) is 9.88 Å². The normalized spacial score (nSPS) is 16.5. The number of β-amino-alcohol motifs (C(OH)–C–C–N with tert-alkyl or cyclic N) is 1. The Morgan fingerprint density at radius 3 is 2.66 bits per heavy atom. The second kappa shape index (κ2) is 10.9. The van der Waals surface area contributed by atoms with Gasteiger partial charge < -0.3 is 19.8 Å². The van der Waals surface area contributed by atoms with E-state index in [1.165, 1.54) is 11.1 Å². The first-order valence-electron chi connectivity index (χ1n) is 11.4. The lowest BCUT2D eigenvalue weighted by Crippen LogP contribution is -2.41. The zero-order valence-electron chi connectivity index (χ0n) is 18.7. The van der Waals surface area contributed by atoms with Gasteiger partial charge in [-0.1, -0.05) is 24.3 Å². The van der Waals surface area contributed by atoms with Crippen LogP contribution in [0.25, 0.3) is 10.9 Å². The Morgan fingerprint density at radius 2 is 1.84 bits per heavy atom. The van der Waals surface area contributed by atoms with Gasteiger partial charge in [0, 0.05) is 44.3 Å². The summed E-state index contributed by atoms with van der Waals surface area (Å²) in [4.78, 5) is 8.85. The zero-order chi connectivity index (χ0) is 22.3. The van der Waals surface area contributed by atoms with E-state index in [-0.39, 0.29) is 12.7 Å². The number of pyridine rings is 1. The van der Waals surface area contributed by atoms with Crippen molar-refractivity contribution in [2.75, 3.05) is 33.3 Å². The maximum Gasteiger partial charge on any atom is 0.119 e. The highest BCUT2D eigenvalue weighted by Crippen LogP contribution is 2.18. The summed E-state index contributed by atoms with van der Waals surface area (Å²) in [5.41, 5.74) is 3.45. The molecule has 0 saturated carbocycles. The standard InChI is InChI=1S/C26H33N3O3/c1-28(17-21-7-8-26-22(14-21)5-3-11-27-26)16-20-4-2-6-25(15-20)32-19-24(31)18-29-12-9-23(30)10-13-29/h2-8,11,14-15,23-24,30-31H,9-10,12-13,16-19H2,1H3/t24-/m0/s1. The summed E-state index contributed by atoms with van der Waals surface area (Å²) in [6, 6.07) is 18.5. The molecule has 0 amide bonds. The van der Waals surface area contributed by atoms with Gasteiger partial charge in [-0.15, -0.1) is 0 Å². The number of ether oxygens (including phenoxy) is 1. The van der Waals surface area contributed by atoms with Crippen molar-refractivity contribution in [2.24, 2.45) is 0 Å². The van der Waals surface area contributed by atoms with Crippen LogP contribution in [-0.2, 0) is 13.1 Å². The largest absolute Gasteiger partial charge is 0.491 e. The molecular weight excluding hydrogens is 402 g/mol. The minimum atomic E-state index is -0.543. The van der Waals surface area contributed by atoms with Crippen molar-refractivity contribution in [3.05, 3.63) is 71.9 Å². The molecular formula is C26H33N3O3. The quantitative estimate of drug-likeness (QED) is 0.538. The van der Waals surface area contributed by atoms with Crippen LogP contribution in [0.5, 0.6) is 5.75 Å². The second-order valence-corrected chi connectivity index (χ2v) is 8.85. The van der Waals surface area contributed by atoms with E-state index in [1.807, 2.05) is 30.5 Å². The number of fused-ring (bicyclic) bond motifs is 1. The van der Waals surface area contributed by atoms with Crippen molar-refractivity contribution in [3.63, 3.8) is 0 Å². The van der Waals surface area contributed by atoms with Crippen LogP contribution in [0.4, 0.5) is 0 Å². The number of likely N-dealkylation sites (tertiary alicyclic amines) is 1. The molecule has 2 heterocycles. The van der Waals surface area contributed by atoms with Crippen LogP contribution in [0.3, 0.4) is 0 Å². The van der Waals surface area contributed by atoms with E-state index < -0.39 is 6.10 Å². The maximum absolute atomic E-state index is 10.3. The molecule has 4 rings (SSSR count). The van der Waals surface area contributed by atoms with Gasteiger partial charge >= 0.3 is 0 Å².